The highest BCUT2D eigenvalue weighted by Gasteiger charge is 2.29. The molecule has 1 fully saturated rings. The van der Waals surface area contributed by atoms with Crippen LogP contribution in [0.2, 0.25) is 0 Å². The third-order valence-corrected chi connectivity index (χ3v) is 3.31. The Morgan fingerprint density at radius 1 is 1.33 bits per heavy atom. The minimum Gasteiger partial charge on any atom is -0.358 e. The summed E-state index contributed by atoms with van der Waals surface area (Å²) in [5, 5.41) is 0. The van der Waals surface area contributed by atoms with Crippen LogP contribution in [0, 0.1) is 5.82 Å². The van der Waals surface area contributed by atoms with Gasteiger partial charge in [0.1, 0.15) is 11.9 Å². The average molecular weight is 251 g/mol. The molecule has 5 heteroatoms. The predicted molar refractivity (Wildman–Crippen MR) is 68.8 cm³/mol. The van der Waals surface area contributed by atoms with E-state index in [1.165, 1.54) is 12.1 Å². The summed E-state index contributed by atoms with van der Waals surface area (Å²) in [4.78, 5) is 15.8. The lowest BCUT2D eigenvalue weighted by atomic mass is 10.2. The number of nitrogens with zero attached hydrogens (tertiary/aromatic N) is 2. The number of hydrogen-bond donors (Lipinski definition) is 1. The Hall–Kier alpha value is -1.62. The number of rotatable bonds is 2. The molecule has 98 valence electrons. The lowest BCUT2D eigenvalue weighted by molar-refractivity contribution is -0.130. The van der Waals surface area contributed by atoms with Gasteiger partial charge in [-0.1, -0.05) is 0 Å². The van der Waals surface area contributed by atoms with E-state index in [1.807, 2.05) is 4.90 Å². The maximum absolute atomic E-state index is 12.9. The molecule has 1 unspecified atom stereocenters. The van der Waals surface area contributed by atoms with Crippen LogP contribution in [0.3, 0.4) is 0 Å². The van der Waals surface area contributed by atoms with Crippen LogP contribution in [-0.2, 0) is 4.79 Å². The highest BCUT2D eigenvalue weighted by Crippen LogP contribution is 2.20. The van der Waals surface area contributed by atoms with Gasteiger partial charge in [-0.15, -0.1) is 0 Å². The number of halogens is 1. The minimum absolute atomic E-state index is 0.0272. The van der Waals surface area contributed by atoms with Gasteiger partial charge in [-0.2, -0.15) is 0 Å². The SMILES string of the molecule is CN1CCCN(c2ccc(F)cc2)C(CN)C1=O. The Bertz CT molecular complexity index is 421. The molecule has 0 aromatic heterocycles. The molecule has 1 heterocycles. The van der Waals surface area contributed by atoms with Gasteiger partial charge in [0.25, 0.3) is 0 Å². The first-order valence-corrected chi connectivity index (χ1v) is 6.10. The van der Waals surface area contributed by atoms with Crippen molar-refractivity contribution in [2.24, 2.45) is 5.73 Å². The lowest BCUT2D eigenvalue weighted by Crippen LogP contribution is -2.49. The standard InChI is InChI=1S/C13H18FN3O/c1-16-7-2-8-17(12(9-15)13(16)18)11-5-3-10(14)4-6-11/h3-6,12H,2,7-9,15H2,1H3. The van der Waals surface area contributed by atoms with E-state index >= 15 is 0 Å². The summed E-state index contributed by atoms with van der Waals surface area (Å²) in [6.07, 6.45) is 0.885. The Labute approximate surface area is 106 Å². The van der Waals surface area contributed by atoms with Gasteiger partial charge < -0.3 is 15.5 Å². The maximum Gasteiger partial charge on any atom is 0.246 e. The molecule has 0 aliphatic carbocycles. The molecular formula is C13H18FN3O. The number of likely N-dealkylation sites (N-methyl/N-ethyl adjacent to an activating group) is 1. The highest BCUT2D eigenvalue weighted by atomic mass is 19.1. The molecule has 1 aliphatic heterocycles. The third-order valence-electron chi connectivity index (χ3n) is 3.31. The van der Waals surface area contributed by atoms with E-state index in [9.17, 15) is 9.18 Å². The molecule has 1 aromatic carbocycles. The molecule has 2 N–H and O–H groups in total. The fourth-order valence-electron chi connectivity index (χ4n) is 2.30. The highest BCUT2D eigenvalue weighted by molar-refractivity contribution is 5.85. The summed E-state index contributed by atoms with van der Waals surface area (Å²) in [5.41, 5.74) is 6.56. The maximum atomic E-state index is 12.9. The number of carbonyl (C=O) groups is 1. The summed E-state index contributed by atoms with van der Waals surface area (Å²) in [6.45, 7) is 1.75. The van der Waals surface area contributed by atoms with Gasteiger partial charge in [0.15, 0.2) is 0 Å². The molecule has 18 heavy (non-hydrogen) atoms. The van der Waals surface area contributed by atoms with Crippen LogP contribution in [0.15, 0.2) is 24.3 Å². The first kappa shape index (κ1) is 12.8. The summed E-state index contributed by atoms with van der Waals surface area (Å²) < 4.78 is 12.9. The van der Waals surface area contributed by atoms with Gasteiger partial charge in [0.2, 0.25) is 5.91 Å². The lowest BCUT2D eigenvalue weighted by Gasteiger charge is -2.30. The molecular weight excluding hydrogens is 233 g/mol. The Morgan fingerprint density at radius 2 is 2.00 bits per heavy atom. The van der Waals surface area contributed by atoms with Crippen LogP contribution in [0.5, 0.6) is 0 Å². The summed E-state index contributed by atoms with van der Waals surface area (Å²) in [5.74, 6) is -0.249. The third kappa shape index (κ3) is 2.46. The largest absolute Gasteiger partial charge is 0.358 e. The van der Waals surface area contributed by atoms with Gasteiger partial charge >= 0.3 is 0 Å². The van der Waals surface area contributed by atoms with Crippen molar-refractivity contribution < 1.29 is 9.18 Å². The van der Waals surface area contributed by atoms with Gasteiger partial charge in [-0.25, -0.2) is 4.39 Å². The summed E-state index contributed by atoms with van der Waals surface area (Å²) >= 11 is 0. The number of hydrogen-bond acceptors (Lipinski definition) is 3. The zero-order valence-corrected chi connectivity index (χ0v) is 10.5. The van der Waals surface area contributed by atoms with Gasteiger partial charge in [-0.05, 0) is 30.7 Å². The van der Waals surface area contributed by atoms with Crippen molar-refractivity contribution >= 4 is 11.6 Å². The molecule has 1 atom stereocenters. The molecule has 2 rings (SSSR count). The Morgan fingerprint density at radius 3 is 2.61 bits per heavy atom. The average Bonchev–Trinajstić information content (AvgIpc) is 2.51. The zero-order valence-electron chi connectivity index (χ0n) is 10.5. The fraction of sp³-hybridized carbons (Fsp3) is 0.462. The fourth-order valence-corrected chi connectivity index (χ4v) is 2.30. The van der Waals surface area contributed by atoms with Crippen LogP contribution < -0.4 is 10.6 Å². The first-order valence-electron chi connectivity index (χ1n) is 6.10. The molecule has 0 bridgehead atoms. The van der Waals surface area contributed by atoms with E-state index in [4.69, 9.17) is 5.73 Å². The number of nitrogens with two attached hydrogens (primary N) is 1. The second kappa shape index (κ2) is 5.35. The van der Waals surface area contributed by atoms with Crippen LogP contribution in [0.4, 0.5) is 10.1 Å². The smallest absolute Gasteiger partial charge is 0.246 e. The normalized spacial score (nSPS) is 21.1. The zero-order chi connectivity index (χ0) is 13.1. The molecule has 0 saturated carbocycles. The predicted octanol–water partition coefficient (Wildman–Crippen LogP) is 0.821. The van der Waals surface area contributed by atoms with Crippen molar-refractivity contribution in [3.05, 3.63) is 30.1 Å². The number of anilines is 1. The van der Waals surface area contributed by atoms with Crippen molar-refractivity contribution in [3.8, 4) is 0 Å². The van der Waals surface area contributed by atoms with Crippen molar-refractivity contribution in [1.82, 2.24) is 4.90 Å². The van der Waals surface area contributed by atoms with E-state index < -0.39 is 0 Å². The molecule has 1 saturated heterocycles. The topological polar surface area (TPSA) is 49.6 Å². The summed E-state index contributed by atoms with van der Waals surface area (Å²) in [7, 11) is 1.79. The second-order valence-corrected chi connectivity index (χ2v) is 4.53. The van der Waals surface area contributed by atoms with Crippen LogP contribution >= 0.6 is 0 Å². The van der Waals surface area contributed by atoms with E-state index in [0.29, 0.717) is 0 Å². The van der Waals surface area contributed by atoms with E-state index in [2.05, 4.69) is 0 Å². The molecule has 0 spiro atoms. The molecule has 1 aliphatic rings. The van der Waals surface area contributed by atoms with E-state index in [0.717, 1.165) is 25.2 Å². The van der Waals surface area contributed by atoms with E-state index in [-0.39, 0.29) is 24.3 Å². The Kier molecular flexibility index (Phi) is 3.81. The van der Waals surface area contributed by atoms with Crippen LogP contribution in [-0.4, -0.2) is 43.5 Å². The van der Waals surface area contributed by atoms with E-state index in [1.54, 1.807) is 24.1 Å². The van der Waals surface area contributed by atoms with Crippen molar-refractivity contribution in [1.29, 1.82) is 0 Å². The number of amides is 1. The van der Waals surface area contributed by atoms with Gasteiger partial charge in [0, 0.05) is 32.4 Å². The van der Waals surface area contributed by atoms with Crippen LogP contribution in [0.1, 0.15) is 6.42 Å². The minimum atomic E-state index is -0.358. The molecule has 1 aromatic rings. The van der Waals surface area contributed by atoms with Crippen molar-refractivity contribution in [2.45, 2.75) is 12.5 Å². The Balaban J connectivity index is 2.29. The van der Waals surface area contributed by atoms with Gasteiger partial charge in [-0.3, -0.25) is 4.79 Å². The van der Waals surface area contributed by atoms with Gasteiger partial charge in [0.05, 0.1) is 0 Å². The summed E-state index contributed by atoms with van der Waals surface area (Å²) in [6, 6.07) is 5.83. The number of carbonyl (C=O) groups excluding carboxylic acids is 1. The van der Waals surface area contributed by atoms with Crippen molar-refractivity contribution in [3.63, 3.8) is 0 Å². The van der Waals surface area contributed by atoms with Crippen molar-refractivity contribution in [2.75, 3.05) is 31.6 Å². The molecule has 4 nitrogen and oxygen atoms in total. The number of benzene rings is 1. The second-order valence-electron chi connectivity index (χ2n) is 4.53. The first-order chi connectivity index (χ1) is 8.63. The molecule has 1 amide bonds. The monoisotopic (exact) mass is 251 g/mol. The molecule has 0 radical (unpaired) electrons. The quantitative estimate of drug-likeness (QED) is 0.846. The van der Waals surface area contributed by atoms with Crippen LogP contribution in [0.25, 0.3) is 0 Å².